The van der Waals surface area contributed by atoms with E-state index in [2.05, 4.69) is 24.1 Å². The van der Waals surface area contributed by atoms with Crippen LogP contribution in [0.5, 0.6) is 0 Å². The normalized spacial score (nSPS) is 18.2. The minimum Gasteiger partial charge on any atom is -0.312 e. The first-order chi connectivity index (χ1) is 10.1. The van der Waals surface area contributed by atoms with Crippen molar-refractivity contribution in [2.75, 3.05) is 39.3 Å². The second-order valence-electron chi connectivity index (χ2n) is 5.22. The molecule has 1 aromatic heterocycles. The van der Waals surface area contributed by atoms with Crippen LogP contribution in [0.25, 0.3) is 0 Å². The zero-order valence-electron chi connectivity index (χ0n) is 12.8. The van der Waals surface area contributed by atoms with Gasteiger partial charge in [0.25, 0.3) is 0 Å². The highest BCUT2D eigenvalue weighted by atomic mass is 32.2. The number of piperazine rings is 1. The van der Waals surface area contributed by atoms with Crippen molar-refractivity contribution in [1.82, 2.24) is 14.5 Å². The minimum atomic E-state index is -3.34. The molecule has 0 atom stereocenters. The maximum Gasteiger partial charge on any atom is 0.244 e. The predicted octanol–water partition coefficient (Wildman–Crippen LogP) is 1.57. The lowest BCUT2D eigenvalue weighted by Gasteiger charge is -2.33. The van der Waals surface area contributed by atoms with Gasteiger partial charge in [-0.3, -0.25) is 0 Å². The van der Waals surface area contributed by atoms with Gasteiger partial charge in [0.15, 0.2) is 0 Å². The summed E-state index contributed by atoms with van der Waals surface area (Å²) in [4.78, 5) is 3.69. The molecule has 0 saturated carbocycles. The Hall–Kier alpha value is -0.470. The molecular formula is C14H25N3O2S2. The summed E-state index contributed by atoms with van der Waals surface area (Å²) in [5.74, 6) is 0. The second-order valence-corrected chi connectivity index (χ2v) is 8.13. The predicted molar refractivity (Wildman–Crippen MR) is 87.2 cm³/mol. The quantitative estimate of drug-likeness (QED) is 0.771. The summed E-state index contributed by atoms with van der Waals surface area (Å²) in [6, 6.07) is 1.75. The molecule has 1 fully saturated rings. The van der Waals surface area contributed by atoms with E-state index >= 15 is 0 Å². The summed E-state index contributed by atoms with van der Waals surface area (Å²) >= 11 is 1.52. The number of thiophene rings is 1. The third-order valence-electron chi connectivity index (χ3n) is 3.81. The Morgan fingerprint density at radius 2 is 1.95 bits per heavy atom. The van der Waals surface area contributed by atoms with Gasteiger partial charge in [0.2, 0.25) is 10.0 Å². The molecule has 0 amide bonds. The van der Waals surface area contributed by atoms with E-state index in [4.69, 9.17) is 0 Å². The van der Waals surface area contributed by atoms with Crippen molar-refractivity contribution in [3.05, 3.63) is 16.3 Å². The summed E-state index contributed by atoms with van der Waals surface area (Å²) in [6.07, 6.45) is 1.05. The van der Waals surface area contributed by atoms with Crippen LogP contribution in [0.3, 0.4) is 0 Å². The van der Waals surface area contributed by atoms with E-state index in [0.29, 0.717) is 24.5 Å². The maximum absolute atomic E-state index is 12.8. The average Bonchev–Trinajstić information content (AvgIpc) is 2.97. The molecule has 1 N–H and O–H groups in total. The monoisotopic (exact) mass is 331 g/mol. The van der Waals surface area contributed by atoms with Gasteiger partial charge in [0.05, 0.1) is 4.90 Å². The number of sulfonamides is 1. The van der Waals surface area contributed by atoms with E-state index in [-0.39, 0.29) is 0 Å². The Morgan fingerprint density at radius 1 is 1.24 bits per heavy atom. The van der Waals surface area contributed by atoms with Gasteiger partial charge in [0, 0.05) is 37.6 Å². The first kappa shape index (κ1) is 16.9. The molecule has 0 unspecified atom stereocenters. The number of nitrogens with zero attached hydrogens (tertiary/aromatic N) is 2. The van der Waals surface area contributed by atoms with Crippen molar-refractivity contribution in [3.63, 3.8) is 0 Å². The first-order valence-corrected chi connectivity index (χ1v) is 9.91. The van der Waals surface area contributed by atoms with Crippen LogP contribution >= 0.6 is 11.3 Å². The van der Waals surface area contributed by atoms with Crippen LogP contribution in [0.2, 0.25) is 0 Å². The van der Waals surface area contributed by atoms with E-state index in [1.807, 2.05) is 5.38 Å². The molecule has 0 spiro atoms. The highest BCUT2D eigenvalue weighted by Gasteiger charge is 2.30. The molecule has 2 rings (SSSR count). The molecular weight excluding hydrogens is 306 g/mol. The number of rotatable bonds is 7. The Balaban J connectivity index is 2.08. The van der Waals surface area contributed by atoms with Gasteiger partial charge >= 0.3 is 0 Å². The number of likely N-dealkylation sites (N-methyl/N-ethyl adjacent to an activating group) is 1. The summed E-state index contributed by atoms with van der Waals surface area (Å²) in [7, 11) is -3.34. The third kappa shape index (κ3) is 4.04. The molecule has 0 radical (unpaired) electrons. The van der Waals surface area contributed by atoms with Crippen molar-refractivity contribution >= 4 is 21.4 Å². The Labute approximate surface area is 132 Å². The largest absolute Gasteiger partial charge is 0.312 e. The van der Waals surface area contributed by atoms with E-state index in [9.17, 15) is 8.42 Å². The lowest BCUT2D eigenvalue weighted by molar-refractivity contribution is 0.196. The summed E-state index contributed by atoms with van der Waals surface area (Å²) in [5.41, 5.74) is 0. The van der Waals surface area contributed by atoms with E-state index < -0.39 is 10.0 Å². The lowest BCUT2D eigenvalue weighted by atomic mass is 10.4. The van der Waals surface area contributed by atoms with Crippen LogP contribution in [-0.4, -0.2) is 56.9 Å². The molecule has 0 aromatic carbocycles. The van der Waals surface area contributed by atoms with Crippen molar-refractivity contribution in [2.45, 2.75) is 31.7 Å². The molecule has 1 saturated heterocycles. The molecule has 5 nitrogen and oxygen atoms in total. The number of nitrogens with one attached hydrogen (secondary N) is 1. The summed E-state index contributed by atoms with van der Waals surface area (Å²) in [6.45, 7) is 9.57. The van der Waals surface area contributed by atoms with Crippen LogP contribution in [0.1, 0.15) is 25.1 Å². The average molecular weight is 332 g/mol. The first-order valence-electron chi connectivity index (χ1n) is 7.59. The maximum atomic E-state index is 12.8. The third-order valence-corrected chi connectivity index (χ3v) is 6.85. The van der Waals surface area contributed by atoms with E-state index in [0.717, 1.165) is 37.5 Å². The van der Waals surface area contributed by atoms with E-state index in [1.54, 1.807) is 10.4 Å². The fourth-order valence-electron chi connectivity index (χ4n) is 2.49. The van der Waals surface area contributed by atoms with Crippen molar-refractivity contribution in [2.24, 2.45) is 0 Å². The zero-order chi connectivity index (χ0) is 15.3. The van der Waals surface area contributed by atoms with Gasteiger partial charge < -0.3 is 10.2 Å². The fourth-order valence-corrected chi connectivity index (χ4v) is 5.30. The van der Waals surface area contributed by atoms with Crippen LogP contribution < -0.4 is 5.32 Å². The SMILES string of the molecule is CCCNCc1sccc1S(=O)(=O)N1CCN(CC)CC1. The van der Waals surface area contributed by atoms with Gasteiger partial charge in [-0.1, -0.05) is 13.8 Å². The molecule has 0 bridgehead atoms. The summed E-state index contributed by atoms with van der Waals surface area (Å²) in [5, 5.41) is 5.16. The van der Waals surface area contributed by atoms with Crippen molar-refractivity contribution in [3.8, 4) is 0 Å². The number of hydrogen-bond donors (Lipinski definition) is 1. The van der Waals surface area contributed by atoms with Gasteiger partial charge in [-0.2, -0.15) is 4.31 Å². The van der Waals surface area contributed by atoms with Gasteiger partial charge in [-0.15, -0.1) is 11.3 Å². The van der Waals surface area contributed by atoms with Crippen LogP contribution in [0, 0.1) is 0 Å². The highest BCUT2D eigenvalue weighted by Crippen LogP contribution is 2.26. The second kappa shape index (κ2) is 7.69. The molecule has 0 aliphatic carbocycles. The number of hydrogen-bond acceptors (Lipinski definition) is 5. The topological polar surface area (TPSA) is 52.7 Å². The van der Waals surface area contributed by atoms with Crippen molar-refractivity contribution < 1.29 is 8.42 Å². The molecule has 7 heteroatoms. The van der Waals surface area contributed by atoms with Crippen molar-refractivity contribution in [1.29, 1.82) is 0 Å². The smallest absolute Gasteiger partial charge is 0.244 e. The molecule has 120 valence electrons. The molecule has 1 aliphatic heterocycles. The zero-order valence-corrected chi connectivity index (χ0v) is 14.5. The molecule has 1 aliphatic rings. The fraction of sp³-hybridized carbons (Fsp3) is 0.714. The summed E-state index contributed by atoms with van der Waals surface area (Å²) < 4.78 is 27.2. The standard InChI is InChI=1S/C14H25N3O2S2/c1-3-6-15-12-13-14(5-11-20-13)21(18,19)17-9-7-16(4-2)8-10-17/h5,11,15H,3-4,6-10,12H2,1-2H3. The van der Waals surface area contributed by atoms with Crippen LogP contribution in [-0.2, 0) is 16.6 Å². The molecule has 21 heavy (non-hydrogen) atoms. The van der Waals surface area contributed by atoms with Gasteiger partial charge in [0.1, 0.15) is 0 Å². The lowest BCUT2D eigenvalue weighted by Crippen LogP contribution is -2.48. The van der Waals surface area contributed by atoms with Gasteiger partial charge in [-0.05, 0) is 31.0 Å². The molecule has 2 heterocycles. The Morgan fingerprint density at radius 3 is 2.57 bits per heavy atom. The minimum absolute atomic E-state index is 0.487. The van der Waals surface area contributed by atoms with E-state index in [1.165, 1.54) is 11.3 Å². The Bertz CT molecular complexity index is 534. The molecule has 1 aromatic rings. The Kier molecular flexibility index (Phi) is 6.19. The van der Waals surface area contributed by atoms with Crippen LogP contribution in [0.15, 0.2) is 16.3 Å². The van der Waals surface area contributed by atoms with Gasteiger partial charge in [-0.25, -0.2) is 8.42 Å². The highest BCUT2D eigenvalue weighted by molar-refractivity contribution is 7.89. The van der Waals surface area contributed by atoms with Crippen LogP contribution in [0.4, 0.5) is 0 Å².